The lowest BCUT2D eigenvalue weighted by atomic mass is 10.2. The zero-order valence-corrected chi connectivity index (χ0v) is 14.9. The molecule has 2 N–H and O–H groups in total. The Morgan fingerprint density at radius 1 is 0.962 bits per heavy atom. The third kappa shape index (κ3) is 3.97. The first-order valence-electron chi connectivity index (χ1n) is 8.19. The molecule has 0 unspecified atom stereocenters. The molecule has 6 heteroatoms. The fourth-order valence-electron chi connectivity index (χ4n) is 2.53. The van der Waals surface area contributed by atoms with Crippen molar-refractivity contribution < 1.29 is 9.53 Å². The number of methoxy groups -OCH3 is 1. The van der Waals surface area contributed by atoms with Gasteiger partial charge in [0, 0.05) is 11.8 Å². The van der Waals surface area contributed by atoms with Gasteiger partial charge in [-0.1, -0.05) is 30.3 Å². The summed E-state index contributed by atoms with van der Waals surface area (Å²) in [6.07, 6.45) is 0. The fourth-order valence-corrected chi connectivity index (χ4v) is 2.53. The molecule has 3 rings (SSSR count). The van der Waals surface area contributed by atoms with E-state index in [1.54, 1.807) is 20.1 Å². The van der Waals surface area contributed by atoms with Crippen LogP contribution in [0.2, 0.25) is 0 Å². The Kier molecular flexibility index (Phi) is 5.12. The number of ether oxygens (including phenoxy) is 1. The number of hydrogen-bond acceptors (Lipinski definition) is 5. The smallest absolute Gasteiger partial charge is 0.274 e. The standard InChI is InChI=1S/C20H20N4O2/c1-13-8-4-5-9-15(13)24-20(25)17-12-19(22-14(2)21-17)23-16-10-6-7-11-18(16)26-3/h4-12H,1-3H3,(H,24,25)(H,21,22,23). The van der Waals surface area contributed by atoms with Gasteiger partial charge in [-0.3, -0.25) is 4.79 Å². The molecule has 0 aliphatic carbocycles. The predicted molar refractivity (Wildman–Crippen MR) is 102 cm³/mol. The minimum absolute atomic E-state index is 0.284. The van der Waals surface area contributed by atoms with Crippen molar-refractivity contribution in [1.82, 2.24) is 9.97 Å². The van der Waals surface area contributed by atoms with Gasteiger partial charge >= 0.3 is 0 Å². The summed E-state index contributed by atoms with van der Waals surface area (Å²) in [7, 11) is 1.60. The highest BCUT2D eigenvalue weighted by Gasteiger charge is 2.13. The molecule has 2 aromatic carbocycles. The van der Waals surface area contributed by atoms with Crippen molar-refractivity contribution in [2.45, 2.75) is 13.8 Å². The summed E-state index contributed by atoms with van der Waals surface area (Å²) in [5.41, 5.74) is 2.79. The highest BCUT2D eigenvalue weighted by molar-refractivity contribution is 6.03. The van der Waals surface area contributed by atoms with Crippen molar-refractivity contribution in [3.05, 3.63) is 71.7 Å². The minimum Gasteiger partial charge on any atom is -0.495 e. The largest absolute Gasteiger partial charge is 0.495 e. The van der Waals surface area contributed by atoms with E-state index in [1.165, 1.54) is 0 Å². The van der Waals surface area contributed by atoms with Crippen LogP contribution in [0.5, 0.6) is 5.75 Å². The Labute approximate surface area is 152 Å². The van der Waals surface area contributed by atoms with Gasteiger partial charge in [-0.25, -0.2) is 9.97 Å². The number of rotatable bonds is 5. The van der Waals surface area contributed by atoms with E-state index in [4.69, 9.17) is 4.74 Å². The van der Waals surface area contributed by atoms with Crippen molar-refractivity contribution in [3.63, 3.8) is 0 Å². The van der Waals surface area contributed by atoms with Crippen LogP contribution in [-0.4, -0.2) is 23.0 Å². The summed E-state index contributed by atoms with van der Waals surface area (Å²) >= 11 is 0. The second-order valence-corrected chi connectivity index (χ2v) is 5.78. The van der Waals surface area contributed by atoms with E-state index in [9.17, 15) is 4.79 Å². The van der Waals surface area contributed by atoms with E-state index in [2.05, 4.69) is 20.6 Å². The lowest BCUT2D eigenvalue weighted by Crippen LogP contribution is -2.16. The van der Waals surface area contributed by atoms with Crippen LogP contribution in [-0.2, 0) is 0 Å². The Morgan fingerprint density at radius 3 is 2.38 bits per heavy atom. The number of hydrogen-bond donors (Lipinski definition) is 2. The molecule has 132 valence electrons. The fraction of sp³-hybridized carbons (Fsp3) is 0.150. The highest BCUT2D eigenvalue weighted by Crippen LogP contribution is 2.26. The SMILES string of the molecule is COc1ccccc1Nc1cc(C(=O)Nc2ccccc2C)nc(C)n1. The topological polar surface area (TPSA) is 76.1 Å². The number of aromatic nitrogens is 2. The number of carbonyl (C=O) groups excluding carboxylic acids is 1. The molecule has 26 heavy (non-hydrogen) atoms. The number of nitrogens with one attached hydrogen (secondary N) is 2. The van der Waals surface area contributed by atoms with Gasteiger partial charge in [0.1, 0.15) is 23.1 Å². The van der Waals surface area contributed by atoms with E-state index in [-0.39, 0.29) is 11.6 Å². The summed E-state index contributed by atoms with van der Waals surface area (Å²) in [6, 6.07) is 16.7. The molecule has 3 aromatic rings. The van der Waals surface area contributed by atoms with Crippen molar-refractivity contribution in [3.8, 4) is 5.75 Å². The molecule has 0 spiro atoms. The van der Waals surface area contributed by atoms with Crippen LogP contribution in [0.4, 0.5) is 17.2 Å². The average Bonchev–Trinajstić information content (AvgIpc) is 2.63. The van der Waals surface area contributed by atoms with Crippen molar-refractivity contribution in [2.24, 2.45) is 0 Å². The molecular weight excluding hydrogens is 328 g/mol. The number of para-hydroxylation sites is 3. The van der Waals surface area contributed by atoms with Crippen LogP contribution in [0.1, 0.15) is 21.9 Å². The quantitative estimate of drug-likeness (QED) is 0.726. The van der Waals surface area contributed by atoms with Crippen LogP contribution < -0.4 is 15.4 Å². The van der Waals surface area contributed by atoms with Gasteiger partial charge in [0.05, 0.1) is 12.8 Å². The molecule has 0 aliphatic heterocycles. The Bertz CT molecular complexity index is 941. The summed E-state index contributed by atoms with van der Waals surface area (Å²) in [4.78, 5) is 21.2. The maximum absolute atomic E-state index is 12.6. The van der Waals surface area contributed by atoms with Gasteiger partial charge < -0.3 is 15.4 Å². The molecule has 1 heterocycles. The average molecular weight is 348 g/mol. The lowest BCUT2D eigenvalue weighted by molar-refractivity contribution is 0.102. The molecule has 0 radical (unpaired) electrons. The van der Waals surface area contributed by atoms with E-state index in [0.717, 1.165) is 16.9 Å². The molecule has 1 aromatic heterocycles. The first-order chi connectivity index (χ1) is 12.6. The van der Waals surface area contributed by atoms with E-state index in [1.807, 2.05) is 55.5 Å². The maximum atomic E-state index is 12.6. The van der Waals surface area contributed by atoms with Crippen LogP contribution in [0, 0.1) is 13.8 Å². The number of nitrogens with zero attached hydrogens (tertiary/aromatic N) is 2. The molecule has 0 atom stereocenters. The number of amides is 1. The van der Waals surface area contributed by atoms with Gasteiger partial charge in [-0.15, -0.1) is 0 Å². The molecule has 0 bridgehead atoms. The summed E-state index contributed by atoms with van der Waals surface area (Å²) < 4.78 is 5.33. The van der Waals surface area contributed by atoms with Gasteiger partial charge in [0.15, 0.2) is 0 Å². The normalized spacial score (nSPS) is 10.3. The second-order valence-electron chi connectivity index (χ2n) is 5.78. The lowest BCUT2D eigenvalue weighted by Gasteiger charge is -2.12. The first-order valence-corrected chi connectivity index (χ1v) is 8.19. The Hall–Kier alpha value is -3.41. The molecule has 0 saturated carbocycles. The van der Waals surface area contributed by atoms with Gasteiger partial charge in [0.2, 0.25) is 0 Å². The number of benzene rings is 2. The monoisotopic (exact) mass is 348 g/mol. The van der Waals surface area contributed by atoms with Gasteiger partial charge in [-0.2, -0.15) is 0 Å². The zero-order chi connectivity index (χ0) is 18.5. The molecule has 0 fully saturated rings. The maximum Gasteiger partial charge on any atom is 0.274 e. The van der Waals surface area contributed by atoms with E-state index >= 15 is 0 Å². The summed E-state index contributed by atoms with van der Waals surface area (Å²) in [6.45, 7) is 3.69. The Morgan fingerprint density at radius 2 is 1.65 bits per heavy atom. The van der Waals surface area contributed by atoms with Gasteiger partial charge in [-0.05, 0) is 37.6 Å². The predicted octanol–water partition coefficient (Wildman–Crippen LogP) is 4.10. The zero-order valence-electron chi connectivity index (χ0n) is 14.9. The van der Waals surface area contributed by atoms with Crippen LogP contribution in [0.25, 0.3) is 0 Å². The number of aryl methyl sites for hydroxylation is 2. The number of carbonyl (C=O) groups is 1. The highest BCUT2D eigenvalue weighted by atomic mass is 16.5. The number of anilines is 3. The van der Waals surface area contributed by atoms with Crippen molar-refractivity contribution in [2.75, 3.05) is 17.7 Å². The molecule has 6 nitrogen and oxygen atoms in total. The molecule has 1 amide bonds. The van der Waals surface area contributed by atoms with Crippen LogP contribution >= 0.6 is 0 Å². The summed E-state index contributed by atoms with van der Waals surface area (Å²) in [5, 5.41) is 6.06. The first kappa shape index (κ1) is 17.4. The van der Waals surface area contributed by atoms with Crippen molar-refractivity contribution in [1.29, 1.82) is 0 Å². The summed E-state index contributed by atoms with van der Waals surface area (Å²) in [5.74, 6) is 1.43. The van der Waals surface area contributed by atoms with Crippen LogP contribution in [0.3, 0.4) is 0 Å². The minimum atomic E-state index is -0.284. The molecule has 0 aliphatic rings. The van der Waals surface area contributed by atoms with Crippen LogP contribution in [0.15, 0.2) is 54.6 Å². The third-order valence-corrected chi connectivity index (χ3v) is 3.83. The Balaban J connectivity index is 1.85. The van der Waals surface area contributed by atoms with E-state index in [0.29, 0.717) is 17.4 Å². The molecule has 0 saturated heterocycles. The second kappa shape index (κ2) is 7.65. The van der Waals surface area contributed by atoms with Crippen molar-refractivity contribution >= 4 is 23.1 Å². The third-order valence-electron chi connectivity index (χ3n) is 3.83. The van der Waals surface area contributed by atoms with E-state index < -0.39 is 0 Å². The molecular formula is C20H20N4O2. The van der Waals surface area contributed by atoms with Gasteiger partial charge in [0.25, 0.3) is 5.91 Å².